The van der Waals surface area contributed by atoms with Crippen LogP contribution in [0.15, 0.2) is 17.1 Å². The van der Waals surface area contributed by atoms with E-state index in [1.807, 2.05) is 4.90 Å². The van der Waals surface area contributed by atoms with E-state index in [4.69, 9.17) is 23.2 Å². The topological polar surface area (TPSA) is 76.2 Å². The fourth-order valence-corrected chi connectivity index (χ4v) is 2.26. The molecular weight excluding hydrogens is 300 g/mol. The summed E-state index contributed by atoms with van der Waals surface area (Å²) in [5, 5.41) is 3.72. The molecule has 2 aliphatic heterocycles. The van der Waals surface area contributed by atoms with Crippen LogP contribution in [0.4, 0.5) is 5.69 Å². The molecule has 5 nitrogen and oxygen atoms in total. The summed E-state index contributed by atoms with van der Waals surface area (Å²) >= 11 is 12.0. The average Bonchev–Trinajstić information content (AvgIpc) is 2.61. The van der Waals surface area contributed by atoms with Crippen LogP contribution in [0.1, 0.15) is 5.56 Å². The van der Waals surface area contributed by atoms with Gasteiger partial charge in [0.15, 0.2) is 0 Å². The smallest absolute Gasteiger partial charge is 0.246 e. The molecule has 1 saturated heterocycles. The molecule has 98 valence electrons. The number of aliphatic imine (C=N–C) groups is 1. The number of hydrogen-bond donors (Lipinski definition) is 1. The number of amides is 1. The minimum atomic E-state index is -0.0474. The molecule has 1 amide bonds. The van der Waals surface area contributed by atoms with E-state index in [1.54, 1.807) is 12.1 Å². The minimum Gasteiger partial charge on any atom is -0.412 e. The van der Waals surface area contributed by atoms with Gasteiger partial charge >= 0.3 is 0 Å². The molecule has 1 aromatic carbocycles. The maximum Gasteiger partial charge on any atom is 0.246 e. The average molecular weight is 311 g/mol. The van der Waals surface area contributed by atoms with Crippen molar-refractivity contribution in [3.63, 3.8) is 0 Å². The largest absolute Gasteiger partial charge is 0.412 e. The van der Waals surface area contributed by atoms with Crippen molar-refractivity contribution in [3.05, 3.63) is 27.7 Å². The van der Waals surface area contributed by atoms with E-state index < -0.39 is 0 Å². The number of nitrogens with zero attached hydrogens (tertiary/aromatic N) is 2. The van der Waals surface area contributed by atoms with Gasteiger partial charge in [-0.15, -0.1) is 12.4 Å². The predicted octanol–water partition coefficient (Wildman–Crippen LogP) is 1.52. The van der Waals surface area contributed by atoms with Crippen molar-refractivity contribution in [2.24, 2.45) is 4.99 Å². The van der Waals surface area contributed by atoms with Gasteiger partial charge in [0.25, 0.3) is 0 Å². The normalized spacial score (nSPS) is 15.8. The van der Waals surface area contributed by atoms with Crippen molar-refractivity contribution < 1.29 is 10.3 Å². The molecule has 18 heavy (non-hydrogen) atoms. The summed E-state index contributed by atoms with van der Waals surface area (Å²) in [7, 11) is 0. The first-order valence-corrected chi connectivity index (χ1v) is 5.51. The van der Waals surface area contributed by atoms with E-state index in [9.17, 15) is 4.79 Å². The first-order valence-electron chi connectivity index (χ1n) is 4.75. The molecule has 0 radical (unpaired) electrons. The highest BCUT2D eigenvalue weighted by Gasteiger charge is 2.30. The van der Waals surface area contributed by atoms with Crippen LogP contribution in [0, 0.1) is 0 Å². The van der Waals surface area contributed by atoms with E-state index in [0.29, 0.717) is 29.1 Å². The summed E-state index contributed by atoms with van der Waals surface area (Å²) in [6, 6.07) is 3.51. The summed E-state index contributed by atoms with van der Waals surface area (Å²) in [4.78, 5) is 17.4. The summed E-state index contributed by atoms with van der Waals surface area (Å²) in [6.45, 7) is 0.882. The van der Waals surface area contributed by atoms with Gasteiger partial charge in [0.2, 0.25) is 11.9 Å². The zero-order valence-electron chi connectivity index (χ0n) is 9.04. The second kappa shape index (κ2) is 5.32. The van der Waals surface area contributed by atoms with Crippen molar-refractivity contribution in [3.8, 4) is 0 Å². The van der Waals surface area contributed by atoms with Gasteiger partial charge in [0.1, 0.15) is 6.54 Å². The lowest BCUT2D eigenvalue weighted by atomic mass is 10.1. The van der Waals surface area contributed by atoms with Gasteiger partial charge in [0.05, 0.1) is 22.3 Å². The summed E-state index contributed by atoms with van der Waals surface area (Å²) in [5.74, 6) is 0.546. The van der Waals surface area contributed by atoms with Gasteiger partial charge in [0, 0.05) is 5.56 Å². The Morgan fingerprint density at radius 2 is 2.00 bits per heavy atom. The van der Waals surface area contributed by atoms with Crippen LogP contribution in [0.2, 0.25) is 10.0 Å². The third kappa shape index (κ3) is 2.27. The number of carbonyl (C=O) groups is 1. The van der Waals surface area contributed by atoms with Crippen molar-refractivity contribution in [2.75, 3.05) is 6.54 Å². The number of fused-ring (bicyclic) bond motifs is 2. The van der Waals surface area contributed by atoms with Crippen LogP contribution in [-0.4, -0.2) is 28.8 Å². The van der Waals surface area contributed by atoms with Gasteiger partial charge in [-0.1, -0.05) is 23.2 Å². The zero-order chi connectivity index (χ0) is 11.3. The highest BCUT2D eigenvalue weighted by molar-refractivity contribution is 6.42. The van der Waals surface area contributed by atoms with E-state index in [-0.39, 0.29) is 23.8 Å². The predicted molar refractivity (Wildman–Crippen MR) is 73.0 cm³/mol. The van der Waals surface area contributed by atoms with Gasteiger partial charge < -0.3 is 10.4 Å². The number of guanidine groups is 1. The molecule has 2 aliphatic rings. The maximum atomic E-state index is 11.2. The zero-order valence-corrected chi connectivity index (χ0v) is 11.4. The molecule has 0 unspecified atom stereocenters. The Hall–Kier alpha value is -1.01. The van der Waals surface area contributed by atoms with Gasteiger partial charge in [-0.3, -0.25) is 10.1 Å². The lowest BCUT2D eigenvalue weighted by molar-refractivity contribution is -0.118. The summed E-state index contributed by atoms with van der Waals surface area (Å²) < 4.78 is 0. The summed E-state index contributed by atoms with van der Waals surface area (Å²) in [6.07, 6.45) is 0. The van der Waals surface area contributed by atoms with Crippen LogP contribution in [0.3, 0.4) is 0 Å². The van der Waals surface area contributed by atoms with Gasteiger partial charge in [-0.05, 0) is 12.1 Å². The number of benzene rings is 1. The van der Waals surface area contributed by atoms with Crippen molar-refractivity contribution in [2.45, 2.75) is 6.54 Å². The highest BCUT2D eigenvalue weighted by Crippen LogP contribution is 2.36. The highest BCUT2D eigenvalue weighted by atomic mass is 35.5. The quantitative estimate of drug-likeness (QED) is 0.789. The molecule has 0 aliphatic carbocycles. The fourth-order valence-electron chi connectivity index (χ4n) is 1.86. The van der Waals surface area contributed by atoms with Crippen LogP contribution in [0.5, 0.6) is 0 Å². The third-order valence-electron chi connectivity index (χ3n) is 2.63. The first kappa shape index (κ1) is 15.0. The molecule has 1 fully saturated rings. The molecule has 0 atom stereocenters. The Morgan fingerprint density at radius 1 is 1.28 bits per heavy atom. The molecular formula is C10H10Cl3N3O2. The van der Waals surface area contributed by atoms with Gasteiger partial charge in [-0.2, -0.15) is 0 Å². The Balaban J connectivity index is 0.000000810. The van der Waals surface area contributed by atoms with Crippen molar-refractivity contribution in [1.29, 1.82) is 0 Å². The fraction of sp³-hybridized carbons (Fsp3) is 0.200. The maximum absolute atomic E-state index is 11.2. The van der Waals surface area contributed by atoms with E-state index in [0.717, 1.165) is 11.3 Å². The van der Waals surface area contributed by atoms with Crippen LogP contribution >= 0.6 is 35.6 Å². The molecule has 3 rings (SSSR count). The first-order chi connectivity index (χ1) is 7.65. The molecule has 0 bridgehead atoms. The Morgan fingerprint density at radius 3 is 2.72 bits per heavy atom. The lowest BCUT2D eigenvalue weighted by Crippen LogP contribution is -2.32. The second-order valence-electron chi connectivity index (χ2n) is 3.70. The molecule has 0 aromatic heterocycles. The number of carbonyl (C=O) groups excluding carboxylic acids is 1. The molecule has 3 N–H and O–H groups in total. The minimum absolute atomic E-state index is 0. The Bertz CT molecular complexity index is 533. The lowest BCUT2D eigenvalue weighted by Gasteiger charge is -2.23. The van der Waals surface area contributed by atoms with Crippen molar-refractivity contribution >= 4 is 53.2 Å². The monoisotopic (exact) mass is 309 g/mol. The van der Waals surface area contributed by atoms with Crippen LogP contribution in [0.25, 0.3) is 0 Å². The van der Waals surface area contributed by atoms with Crippen LogP contribution < -0.4 is 5.32 Å². The van der Waals surface area contributed by atoms with Crippen LogP contribution in [-0.2, 0) is 11.3 Å². The van der Waals surface area contributed by atoms with Gasteiger partial charge in [-0.25, -0.2) is 4.99 Å². The van der Waals surface area contributed by atoms with E-state index in [1.165, 1.54) is 0 Å². The number of rotatable bonds is 0. The van der Waals surface area contributed by atoms with Crippen molar-refractivity contribution in [1.82, 2.24) is 10.2 Å². The van der Waals surface area contributed by atoms with E-state index >= 15 is 0 Å². The third-order valence-corrected chi connectivity index (χ3v) is 3.48. The molecule has 8 heteroatoms. The van der Waals surface area contributed by atoms with E-state index in [2.05, 4.69) is 10.3 Å². The second-order valence-corrected chi connectivity index (χ2v) is 4.48. The number of halogens is 3. The molecule has 0 saturated carbocycles. The number of nitrogens with one attached hydrogen (secondary N) is 1. The summed E-state index contributed by atoms with van der Waals surface area (Å²) in [5.41, 5.74) is 1.64. The molecule has 1 aromatic rings. The standard InChI is InChI=1S/C10H7Cl2N3O.ClH.H2O/c11-6-1-2-7-5(9(6)12)3-15-4-8(16)14-10(15)13-7;;/h1-2H,3-4H2,(H,13,14,16);1H;1H2. The molecule has 0 spiro atoms. The molecule has 2 heterocycles. The SMILES string of the molecule is Cl.O.O=C1CN2Cc3c(ccc(Cl)c3Cl)N=C2N1. The Labute approximate surface area is 119 Å². The number of hydrogen-bond acceptors (Lipinski definition) is 3. The Kier molecular flexibility index (Phi) is 4.45.